The lowest BCUT2D eigenvalue weighted by Crippen LogP contribution is -2.51. The molecule has 7 nitrogen and oxygen atoms in total. The molecule has 1 atom stereocenters. The fourth-order valence-electron chi connectivity index (χ4n) is 3.48. The molecule has 3 heterocycles. The van der Waals surface area contributed by atoms with Crippen molar-refractivity contribution in [3.05, 3.63) is 17.2 Å². The highest BCUT2D eigenvalue weighted by atomic mass is 32.2. The Balaban J connectivity index is 1.59. The topological polar surface area (TPSA) is 84.3 Å². The Morgan fingerprint density at radius 3 is 2.74 bits per heavy atom. The number of imidazole rings is 1. The molecule has 2 aliphatic rings. The van der Waals surface area contributed by atoms with Crippen molar-refractivity contribution in [2.24, 2.45) is 0 Å². The van der Waals surface area contributed by atoms with Crippen LogP contribution in [0.1, 0.15) is 30.6 Å². The van der Waals surface area contributed by atoms with Gasteiger partial charge in [0.1, 0.15) is 5.82 Å². The van der Waals surface area contributed by atoms with Crippen molar-refractivity contribution in [3.8, 4) is 0 Å². The minimum atomic E-state index is -3.02. The number of amides is 1. The van der Waals surface area contributed by atoms with Gasteiger partial charge in [-0.3, -0.25) is 9.69 Å². The second kappa shape index (κ2) is 5.59. The monoisotopic (exact) mass is 340 g/mol. The van der Waals surface area contributed by atoms with Crippen LogP contribution in [-0.2, 0) is 27.7 Å². The van der Waals surface area contributed by atoms with Gasteiger partial charge in [0.15, 0.2) is 9.84 Å². The number of hydrogen-bond donors (Lipinski definition) is 1. The molecule has 128 valence electrons. The van der Waals surface area contributed by atoms with E-state index in [0.717, 1.165) is 24.6 Å². The Hall–Kier alpha value is -1.41. The van der Waals surface area contributed by atoms with E-state index in [1.165, 1.54) is 5.69 Å². The Kier molecular flexibility index (Phi) is 4.00. The molecule has 1 amide bonds. The van der Waals surface area contributed by atoms with Gasteiger partial charge in [-0.05, 0) is 27.2 Å². The summed E-state index contributed by atoms with van der Waals surface area (Å²) in [4.78, 5) is 18.9. The van der Waals surface area contributed by atoms with Crippen LogP contribution in [0.4, 0.5) is 0 Å². The number of nitrogens with zero attached hydrogens (tertiary/aromatic N) is 3. The molecule has 0 radical (unpaired) electrons. The van der Waals surface area contributed by atoms with Crippen LogP contribution < -0.4 is 5.32 Å². The summed E-state index contributed by atoms with van der Waals surface area (Å²) in [5, 5.41) is 2.91. The minimum Gasteiger partial charge on any atom is -0.349 e. The van der Waals surface area contributed by atoms with Gasteiger partial charge in [0.05, 0.1) is 35.8 Å². The third kappa shape index (κ3) is 3.42. The lowest BCUT2D eigenvalue weighted by molar-refractivity contribution is -0.124. The molecule has 8 heteroatoms. The average molecular weight is 340 g/mol. The van der Waals surface area contributed by atoms with Gasteiger partial charge in [-0.25, -0.2) is 13.4 Å². The van der Waals surface area contributed by atoms with Crippen molar-refractivity contribution < 1.29 is 13.2 Å². The predicted octanol–water partition coefficient (Wildman–Crippen LogP) is 0.00894. The van der Waals surface area contributed by atoms with Crippen LogP contribution in [0, 0.1) is 13.8 Å². The summed E-state index contributed by atoms with van der Waals surface area (Å²) in [5.41, 5.74) is 1.60. The fraction of sp³-hybridized carbons (Fsp3) is 0.733. The summed E-state index contributed by atoms with van der Waals surface area (Å²) in [6.45, 7) is 8.43. The molecule has 1 aromatic heterocycles. The summed E-state index contributed by atoms with van der Waals surface area (Å²) in [6.07, 6.45) is 0.490. The molecule has 1 saturated heterocycles. The molecular weight excluding hydrogens is 316 g/mol. The van der Waals surface area contributed by atoms with Gasteiger partial charge in [0.2, 0.25) is 5.91 Å². The summed E-state index contributed by atoms with van der Waals surface area (Å²) >= 11 is 0. The summed E-state index contributed by atoms with van der Waals surface area (Å²) < 4.78 is 25.4. The molecule has 0 unspecified atom stereocenters. The van der Waals surface area contributed by atoms with Gasteiger partial charge >= 0.3 is 0 Å². The van der Waals surface area contributed by atoms with Crippen molar-refractivity contribution in [3.63, 3.8) is 0 Å². The van der Waals surface area contributed by atoms with Crippen molar-refractivity contribution >= 4 is 15.7 Å². The summed E-state index contributed by atoms with van der Waals surface area (Å²) in [5.74, 6) is 1.07. The van der Waals surface area contributed by atoms with E-state index >= 15 is 0 Å². The summed E-state index contributed by atoms with van der Waals surface area (Å²) in [7, 11) is -3.02. The molecule has 0 aromatic carbocycles. The first-order valence-electron chi connectivity index (χ1n) is 7.94. The molecule has 2 aliphatic heterocycles. The third-order valence-electron chi connectivity index (χ3n) is 4.85. The highest BCUT2D eigenvalue weighted by molar-refractivity contribution is 7.91. The van der Waals surface area contributed by atoms with E-state index in [1.54, 1.807) is 0 Å². The SMILES string of the molecule is Cc1nc2n(c1C)CCN(CC(=O)N[C@]1(C)CCS(=O)(=O)C1)C2. The number of carbonyl (C=O) groups excluding carboxylic acids is 1. The number of nitrogens with one attached hydrogen (secondary N) is 1. The van der Waals surface area contributed by atoms with E-state index in [0.29, 0.717) is 13.0 Å². The molecule has 0 saturated carbocycles. The Morgan fingerprint density at radius 1 is 1.35 bits per heavy atom. The first-order valence-corrected chi connectivity index (χ1v) is 9.76. The van der Waals surface area contributed by atoms with Crippen molar-refractivity contribution in [1.29, 1.82) is 0 Å². The second-order valence-corrected chi connectivity index (χ2v) is 9.20. The Bertz CT molecular complexity index is 740. The number of aromatic nitrogens is 2. The van der Waals surface area contributed by atoms with E-state index in [1.807, 2.05) is 13.8 Å². The highest BCUT2D eigenvalue weighted by Crippen LogP contribution is 2.23. The zero-order chi connectivity index (χ0) is 16.8. The third-order valence-corrected chi connectivity index (χ3v) is 6.76. The zero-order valence-electron chi connectivity index (χ0n) is 13.9. The Labute approximate surface area is 137 Å². The Morgan fingerprint density at radius 2 is 2.09 bits per heavy atom. The van der Waals surface area contributed by atoms with E-state index in [9.17, 15) is 13.2 Å². The van der Waals surface area contributed by atoms with Crippen LogP contribution >= 0.6 is 0 Å². The molecule has 0 spiro atoms. The van der Waals surface area contributed by atoms with Crippen LogP contribution in [0.2, 0.25) is 0 Å². The normalized spacial score (nSPS) is 26.9. The van der Waals surface area contributed by atoms with E-state index < -0.39 is 15.4 Å². The lowest BCUT2D eigenvalue weighted by Gasteiger charge is -2.30. The van der Waals surface area contributed by atoms with E-state index in [-0.39, 0.29) is 24.0 Å². The van der Waals surface area contributed by atoms with Gasteiger partial charge in [-0.15, -0.1) is 0 Å². The van der Waals surface area contributed by atoms with E-state index in [2.05, 4.69) is 26.7 Å². The van der Waals surface area contributed by atoms with Crippen molar-refractivity contribution in [2.45, 2.75) is 45.8 Å². The fourth-order valence-corrected chi connectivity index (χ4v) is 5.58. The number of carbonyl (C=O) groups is 1. The number of fused-ring (bicyclic) bond motifs is 1. The lowest BCUT2D eigenvalue weighted by atomic mass is 10.0. The molecule has 3 rings (SSSR count). The number of rotatable bonds is 3. The van der Waals surface area contributed by atoms with Gasteiger partial charge < -0.3 is 9.88 Å². The molecule has 1 aromatic rings. The van der Waals surface area contributed by atoms with E-state index in [4.69, 9.17) is 0 Å². The average Bonchev–Trinajstić information content (AvgIpc) is 2.86. The minimum absolute atomic E-state index is 0.0362. The second-order valence-electron chi connectivity index (χ2n) is 7.01. The molecule has 0 aliphatic carbocycles. The molecule has 23 heavy (non-hydrogen) atoms. The molecule has 1 N–H and O–H groups in total. The quantitative estimate of drug-likeness (QED) is 0.838. The smallest absolute Gasteiger partial charge is 0.234 e. The maximum absolute atomic E-state index is 12.3. The van der Waals surface area contributed by atoms with Gasteiger partial charge in [0, 0.05) is 18.8 Å². The number of sulfone groups is 1. The van der Waals surface area contributed by atoms with Crippen LogP contribution in [0.3, 0.4) is 0 Å². The van der Waals surface area contributed by atoms with Crippen LogP contribution in [-0.4, -0.2) is 58.9 Å². The molecular formula is C15H24N4O3S. The number of aryl methyl sites for hydroxylation is 1. The van der Waals surface area contributed by atoms with Gasteiger partial charge in [0.25, 0.3) is 0 Å². The predicted molar refractivity (Wildman–Crippen MR) is 86.8 cm³/mol. The number of hydrogen-bond acceptors (Lipinski definition) is 5. The van der Waals surface area contributed by atoms with Gasteiger partial charge in [-0.1, -0.05) is 0 Å². The molecule has 1 fully saturated rings. The zero-order valence-corrected chi connectivity index (χ0v) is 14.7. The molecule has 0 bridgehead atoms. The van der Waals surface area contributed by atoms with Gasteiger partial charge in [-0.2, -0.15) is 0 Å². The highest BCUT2D eigenvalue weighted by Gasteiger charge is 2.39. The van der Waals surface area contributed by atoms with Crippen molar-refractivity contribution in [2.75, 3.05) is 24.6 Å². The maximum Gasteiger partial charge on any atom is 0.234 e. The first kappa shape index (κ1) is 16.4. The standard InChI is InChI=1S/C15H24N4O3S/c1-11-12(2)19-6-5-18(8-13(19)16-11)9-14(20)17-15(3)4-7-23(21,22)10-15/h4-10H2,1-3H3,(H,17,20)/t15-/m1/s1. The first-order chi connectivity index (χ1) is 10.7. The van der Waals surface area contributed by atoms with Crippen LogP contribution in [0.15, 0.2) is 0 Å². The maximum atomic E-state index is 12.3. The van der Waals surface area contributed by atoms with Crippen LogP contribution in [0.5, 0.6) is 0 Å². The largest absolute Gasteiger partial charge is 0.349 e. The van der Waals surface area contributed by atoms with Crippen LogP contribution in [0.25, 0.3) is 0 Å². The van der Waals surface area contributed by atoms with Crippen molar-refractivity contribution in [1.82, 2.24) is 19.8 Å². The summed E-state index contributed by atoms with van der Waals surface area (Å²) in [6, 6.07) is 0.